The summed E-state index contributed by atoms with van der Waals surface area (Å²) in [5.74, 6) is 0.132. The molecule has 1 amide bonds. The van der Waals surface area contributed by atoms with Gasteiger partial charge >= 0.3 is 0 Å². The molecule has 3 nitrogen and oxygen atoms in total. The number of hydrogen-bond acceptors (Lipinski definition) is 2. The Hall–Kier alpha value is -1.35. The van der Waals surface area contributed by atoms with Gasteiger partial charge in [-0.3, -0.25) is 10.1 Å². The van der Waals surface area contributed by atoms with Crippen molar-refractivity contribution in [3.8, 4) is 0 Å². The van der Waals surface area contributed by atoms with Gasteiger partial charge in [-0.05, 0) is 56.8 Å². The molecule has 1 aromatic rings. The zero-order valence-corrected chi connectivity index (χ0v) is 12.9. The minimum absolute atomic E-state index is 0.330. The molecule has 0 spiro atoms. The molecule has 0 heterocycles. The van der Waals surface area contributed by atoms with Crippen molar-refractivity contribution in [1.29, 1.82) is 0 Å². The van der Waals surface area contributed by atoms with E-state index in [9.17, 15) is 4.79 Å². The average Bonchev–Trinajstić information content (AvgIpc) is 2.24. The molecule has 0 bridgehead atoms. The van der Waals surface area contributed by atoms with E-state index in [-0.39, 0.29) is 5.91 Å². The van der Waals surface area contributed by atoms with Crippen LogP contribution in [0.5, 0.6) is 0 Å². The van der Waals surface area contributed by atoms with Crippen LogP contribution in [-0.2, 0) is 10.3 Å². The summed E-state index contributed by atoms with van der Waals surface area (Å²) >= 11 is 0. The van der Waals surface area contributed by atoms with Gasteiger partial charge in [0.15, 0.2) is 0 Å². The quantitative estimate of drug-likeness (QED) is 0.857. The lowest BCUT2D eigenvalue weighted by atomic mass is 9.83. The van der Waals surface area contributed by atoms with Crippen molar-refractivity contribution in [3.63, 3.8) is 0 Å². The monoisotopic (exact) mass is 262 g/mol. The van der Waals surface area contributed by atoms with Crippen LogP contribution in [-0.4, -0.2) is 12.5 Å². The predicted molar refractivity (Wildman–Crippen MR) is 80.0 cm³/mol. The van der Waals surface area contributed by atoms with Gasteiger partial charge in [0.1, 0.15) is 5.54 Å². The third-order valence-electron chi connectivity index (χ3n) is 3.53. The first-order chi connectivity index (χ1) is 8.68. The van der Waals surface area contributed by atoms with Crippen LogP contribution < -0.4 is 11.1 Å². The maximum Gasteiger partial charge on any atom is 0.242 e. The molecule has 19 heavy (non-hydrogen) atoms. The molecule has 0 aliphatic rings. The van der Waals surface area contributed by atoms with Gasteiger partial charge in [-0.1, -0.05) is 31.5 Å². The van der Waals surface area contributed by atoms with Crippen LogP contribution in [0.2, 0.25) is 0 Å². The van der Waals surface area contributed by atoms with Gasteiger partial charge in [0, 0.05) is 0 Å². The fourth-order valence-corrected chi connectivity index (χ4v) is 2.68. The van der Waals surface area contributed by atoms with Gasteiger partial charge in [0.25, 0.3) is 0 Å². The SMILES string of the molecule is Cc1cc(C)c(C(C)(NCC(C)C)C(N)=O)c(C)c1. The summed E-state index contributed by atoms with van der Waals surface area (Å²) in [7, 11) is 0. The van der Waals surface area contributed by atoms with E-state index in [1.54, 1.807) is 0 Å². The fraction of sp³-hybridized carbons (Fsp3) is 0.562. The molecule has 0 aromatic heterocycles. The molecule has 0 saturated carbocycles. The molecule has 1 atom stereocenters. The third kappa shape index (κ3) is 3.35. The van der Waals surface area contributed by atoms with Crippen molar-refractivity contribution in [1.82, 2.24) is 5.32 Å². The molecule has 1 unspecified atom stereocenters. The zero-order valence-electron chi connectivity index (χ0n) is 12.9. The first-order valence-corrected chi connectivity index (χ1v) is 6.81. The molecule has 0 fully saturated rings. The van der Waals surface area contributed by atoms with Gasteiger partial charge in [0.05, 0.1) is 0 Å². The smallest absolute Gasteiger partial charge is 0.242 e. The molecule has 3 heteroatoms. The van der Waals surface area contributed by atoms with Crippen LogP contribution in [0.25, 0.3) is 0 Å². The van der Waals surface area contributed by atoms with Crippen LogP contribution in [0.4, 0.5) is 0 Å². The first kappa shape index (κ1) is 15.7. The summed E-state index contributed by atoms with van der Waals surface area (Å²) < 4.78 is 0. The number of nitrogens with two attached hydrogens (primary N) is 1. The number of aryl methyl sites for hydroxylation is 3. The van der Waals surface area contributed by atoms with Crippen molar-refractivity contribution in [2.75, 3.05) is 6.54 Å². The lowest BCUT2D eigenvalue weighted by molar-refractivity contribution is -0.124. The summed E-state index contributed by atoms with van der Waals surface area (Å²) in [5.41, 5.74) is 9.27. The second-order valence-corrected chi connectivity index (χ2v) is 6.04. The Morgan fingerprint density at radius 1 is 1.26 bits per heavy atom. The van der Waals surface area contributed by atoms with E-state index in [0.29, 0.717) is 5.92 Å². The van der Waals surface area contributed by atoms with Crippen LogP contribution >= 0.6 is 0 Å². The Bertz CT molecular complexity index is 457. The molecule has 0 aliphatic heterocycles. The summed E-state index contributed by atoms with van der Waals surface area (Å²) in [6.45, 7) is 13.0. The maximum absolute atomic E-state index is 12.0. The Kier molecular flexibility index (Phi) is 4.75. The Morgan fingerprint density at radius 2 is 1.74 bits per heavy atom. The largest absolute Gasteiger partial charge is 0.368 e. The molecular formula is C16H26N2O. The first-order valence-electron chi connectivity index (χ1n) is 6.81. The van der Waals surface area contributed by atoms with E-state index in [1.165, 1.54) is 5.56 Å². The van der Waals surface area contributed by atoms with Gasteiger partial charge in [-0.15, -0.1) is 0 Å². The van der Waals surface area contributed by atoms with E-state index in [4.69, 9.17) is 5.73 Å². The molecule has 106 valence electrons. The molecule has 0 aliphatic carbocycles. The van der Waals surface area contributed by atoms with Gasteiger partial charge < -0.3 is 5.73 Å². The number of primary amides is 1. The van der Waals surface area contributed by atoms with Crippen molar-refractivity contribution < 1.29 is 4.79 Å². The maximum atomic E-state index is 12.0. The highest BCUT2D eigenvalue weighted by Gasteiger charge is 2.35. The second-order valence-electron chi connectivity index (χ2n) is 6.04. The Morgan fingerprint density at radius 3 is 2.11 bits per heavy atom. The molecule has 3 N–H and O–H groups in total. The highest BCUT2D eigenvalue weighted by Crippen LogP contribution is 2.28. The topological polar surface area (TPSA) is 55.1 Å². The van der Waals surface area contributed by atoms with Crippen molar-refractivity contribution in [2.45, 2.75) is 47.1 Å². The number of carbonyl (C=O) groups excluding carboxylic acids is 1. The molecule has 1 aromatic carbocycles. The molecule has 1 rings (SSSR count). The lowest BCUT2D eigenvalue weighted by Crippen LogP contribution is -2.52. The number of rotatable bonds is 5. The van der Waals surface area contributed by atoms with Crippen LogP contribution in [0, 0.1) is 26.7 Å². The summed E-state index contributed by atoms with van der Waals surface area (Å²) in [6, 6.07) is 4.20. The van der Waals surface area contributed by atoms with Gasteiger partial charge in [-0.2, -0.15) is 0 Å². The van der Waals surface area contributed by atoms with E-state index in [0.717, 1.165) is 23.2 Å². The van der Waals surface area contributed by atoms with Gasteiger partial charge in [-0.25, -0.2) is 0 Å². The van der Waals surface area contributed by atoms with E-state index in [2.05, 4.69) is 38.2 Å². The molecular weight excluding hydrogens is 236 g/mol. The molecule has 0 saturated heterocycles. The average molecular weight is 262 g/mol. The van der Waals surface area contributed by atoms with Crippen LogP contribution in [0.3, 0.4) is 0 Å². The number of hydrogen-bond donors (Lipinski definition) is 2. The van der Waals surface area contributed by atoms with E-state index in [1.807, 2.05) is 20.8 Å². The fourth-order valence-electron chi connectivity index (χ4n) is 2.68. The Balaban J connectivity index is 3.30. The number of nitrogens with one attached hydrogen (secondary N) is 1. The zero-order chi connectivity index (χ0) is 14.8. The molecule has 0 radical (unpaired) electrons. The second kappa shape index (κ2) is 5.74. The third-order valence-corrected chi connectivity index (χ3v) is 3.53. The normalized spacial score (nSPS) is 14.5. The van der Waals surface area contributed by atoms with Crippen molar-refractivity contribution >= 4 is 5.91 Å². The Labute approximate surface area is 116 Å². The number of amides is 1. The standard InChI is InChI=1S/C16H26N2O/c1-10(2)9-18-16(6,15(17)19)14-12(4)7-11(3)8-13(14)5/h7-8,10,18H,9H2,1-6H3,(H2,17,19). The number of carbonyl (C=O) groups is 1. The summed E-state index contributed by atoms with van der Waals surface area (Å²) in [5, 5.41) is 3.34. The van der Waals surface area contributed by atoms with Gasteiger partial charge in [0.2, 0.25) is 5.91 Å². The minimum Gasteiger partial charge on any atom is -0.368 e. The van der Waals surface area contributed by atoms with Crippen LogP contribution in [0.1, 0.15) is 43.0 Å². The predicted octanol–water partition coefficient (Wildman–Crippen LogP) is 2.56. The lowest BCUT2D eigenvalue weighted by Gasteiger charge is -2.32. The minimum atomic E-state index is -0.813. The van der Waals surface area contributed by atoms with E-state index >= 15 is 0 Å². The van der Waals surface area contributed by atoms with Crippen molar-refractivity contribution in [3.05, 3.63) is 34.4 Å². The highest BCUT2D eigenvalue weighted by molar-refractivity contribution is 5.86. The highest BCUT2D eigenvalue weighted by atomic mass is 16.1. The summed E-state index contributed by atoms with van der Waals surface area (Å²) in [4.78, 5) is 12.0. The summed E-state index contributed by atoms with van der Waals surface area (Å²) in [6.07, 6.45) is 0. The van der Waals surface area contributed by atoms with E-state index < -0.39 is 5.54 Å². The van der Waals surface area contributed by atoms with Crippen LogP contribution in [0.15, 0.2) is 12.1 Å². The number of benzene rings is 1. The van der Waals surface area contributed by atoms with Crippen molar-refractivity contribution in [2.24, 2.45) is 11.7 Å².